The number of unbranched alkanes of at least 4 members (excludes halogenated alkanes) is 1. The number of benzene rings is 2. The van der Waals surface area contributed by atoms with Gasteiger partial charge in [-0.2, -0.15) is 0 Å². The monoisotopic (exact) mass is 519 g/mol. The van der Waals surface area contributed by atoms with Crippen LogP contribution in [0.25, 0.3) is 21.1 Å². The van der Waals surface area contributed by atoms with E-state index in [1.807, 2.05) is 25.1 Å². The summed E-state index contributed by atoms with van der Waals surface area (Å²) < 4.78 is 19.1. The largest absolute Gasteiger partial charge is 0.497 e. The van der Waals surface area contributed by atoms with Gasteiger partial charge in [0, 0.05) is 42.9 Å². The van der Waals surface area contributed by atoms with Gasteiger partial charge in [-0.15, -0.1) is 11.3 Å². The van der Waals surface area contributed by atoms with Crippen LogP contribution in [0.1, 0.15) is 42.7 Å². The van der Waals surface area contributed by atoms with Crippen LogP contribution in [-0.4, -0.2) is 54.5 Å². The first-order valence-electron chi connectivity index (χ1n) is 13.3. The third-order valence-electron chi connectivity index (χ3n) is 6.95. The molecule has 1 unspecified atom stereocenters. The molecule has 0 bridgehead atoms. The molecule has 0 radical (unpaired) electrons. The lowest BCUT2D eigenvalue weighted by Crippen LogP contribution is -2.39. The average molecular weight is 520 g/mol. The van der Waals surface area contributed by atoms with Gasteiger partial charge in [0.25, 0.3) is 0 Å². The van der Waals surface area contributed by atoms with E-state index < -0.39 is 0 Å². The van der Waals surface area contributed by atoms with Crippen molar-refractivity contribution in [2.24, 2.45) is 0 Å². The molecule has 0 fully saturated rings. The molecule has 2 aromatic carbocycles. The minimum Gasteiger partial charge on any atom is -0.497 e. The summed E-state index contributed by atoms with van der Waals surface area (Å²) in [6.07, 6.45) is 13.0. The van der Waals surface area contributed by atoms with Crippen LogP contribution in [0.5, 0.6) is 11.5 Å². The number of aromatic amines is 1. The standard InChI is InChI=1S/C30H37N3O3S/c1-22-32-28-20-25(12-14-29(28)37-22)35-17-6-7-18-36-30(33-15-4-3-5-16-33)10-8-9-23-21-31-27-13-11-24(34-2)19-26(23)27/h3-4,11-14,19-21,30-31H,5-10,15-18H2,1-2H3. The van der Waals surface area contributed by atoms with Gasteiger partial charge >= 0.3 is 0 Å². The first kappa shape index (κ1) is 25.8. The molecule has 5 rings (SSSR count). The maximum atomic E-state index is 6.44. The maximum absolute atomic E-state index is 6.44. The number of rotatable bonds is 13. The molecule has 1 N–H and O–H groups in total. The third-order valence-corrected chi connectivity index (χ3v) is 7.90. The van der Waals surface area contributed by atoms with Gasteiger partial charge in [0.05, 0.1) is 28.9 Å². The lowest BCUT2D eigenvalue weighted by molar-refractivity contribution is -0.0625. The summed E-state index contributed by atoms with van der Waals surface area (Å²) in [5.41, 5.74) is 3.52. The van der Waals surface area contributed by atoms with Gasteiger partial charge in [0.1, 0.15) is 17.7 Å². The van der Waals surface area contributed by atoms with Crippen LogP contribution < -0.4 is 9.47 Å². The van der Waals surface area contributed by atoms with E-state index in [4.69, 9.17) is 14.2 Å². The van der Waals surface area contributed by atoms with E-state index in [9.17, 15) is 0 Å². The highest BCUT2D eigenvalue weighted by atomic mass is 32.1. The van der Waals surface area contributed by atoms with E-state index in [0.717, 1.165) is 85.8 Å². The van der Waals surface area contributed by atoms with Crippen molar-refractivity contribution in [3.05, 3.63) is 65.3 Å². The zero-order chi connectivity index (χ0) is 25.5. The van der Waals surface area contributed by atoms with Gasteiger partial charge in [-0.05, 0) is 81.3 Å². The fourth-order valence-corrected chi connectivity index (χ4v) is 5.78. The molecule has 1 aliphatic rings. The van der Waals surface area contributed by atoms with E-state index in [0.29, 0.717) is 6.61 Å². The van der Waals surface area contributed by atoms with Crippen LogP contribution in [-0.2, 0) is 11.2 Å². The Hall–Kier alpha value is -2.87. The van der Waals surface area contributed by atoms with Gasteiger partial charge in [-0.3, -0.25) is 4.90 Å². The SMILES string of the molecule is COc1ccc2[nH]cc(CCCC(OCCCCOc3ccc4sc(C)nc4c3)N3CC=CCC3)c2c1. The van der Waals surface area contributed by atoms with E-state index >= 15 is 0 Å². The fraction of sp³-hybridized carbons (Fsp3) is 0.433. The minimum absolute atomic E-state index is 0.154. The normalized spacial score (nSPS) is 15.0. The molecule has 2 aromatic heterocycles. The number of ether oxygens (including phenoxy) is 3. The summed E-state index contributed by atoms with van der Waals surface area (Å²) in [6.45, 7) is 5.52. The van der Waals surface area contributed by atoms with Crippen molar-refractivity contribution in [2.75, 3.05) is 33.4 Å². The van der Waals surface area contributed by atoms with Crippen molar-refractivity contribution in [3.8, 4) is 11.5 Å². The van der Waals surface area contributed by atoms with Gasteiger partial charge < -0.3 is 19.2 Å². The van der Waals surface area contributed by atoms with E-state index in [1.165, 1.54) is 15.6 Å². The summed E-state index contributed by atoms with van der Waals surface area (Å²) in [7, 11) is 1.72. The first-order chi connectivity index (χ1) is 18.2. The molecule has 0 saturated carbocycles. The van der Waals surface area contributed by atoms with Crippen LogP contribution in [0.3, 0.4) is 0 Å². The van der Waals surface area contributed by atoms with Crippen LogP contribution in [0.15, 0.2) is 54.7 Å². The second-order valence-electron chi connectivity index (χ2n) is 9.62. The lowest BCUT2D eigenvalue weighted by atomic mass is 10.1. The number of aromatic nitrogens is 2. The predicted octanol–water partition coefficient (Wildman–Crippen LogP) is 6.88. The smallest absolute Gasteiger partial charge is 0.121 e. The van der Waals surface area contributed by atoms with Crippen LogP contribution >= 0.6 is 11.3 Å². The molecule has 7 heteroatoms. The van der Waals surface area contributed by atoms with E-state index in [2.05, 4.69) is 51.4 Å². The number of nitrogens with one attached hydrogen (secondary N) is 1. The van der Waals surface area contributed by atoms with Crippen molar-refractivity contribution in [3.63, 3.8) is 0 Å². The fourth-order valence-electron chi connectivity index (χ4n) is 4.98. The quantitative estimate of drug-likeness (QED) is 0.154. The van der Waals surface area contributed by atoms with Crippen molar-refractivity contribution >= 4 is 32.5 Å². The zero-order valence-corrected chi connectivity index (χ0v) is 22.7. The molecule has 37 heavy (non-hydrogen) atoms. The maximum Gasteiger partial charge on any atom is 0.121 e. The number of fused-ring (bicyclic) bond motifs is 2. The van der Waals surface area contributed by atoms with E-state index in [1.54, 1.807) is 18.4 Å². The first-order valence-corrected chi connectivity index (χ1v) is 14.2. The second-order valence-corrected chi connectivity index (χ2v) is 10.9. The Labute approximate surface area is 223 Å². The highest BCUT2D eigenvalue weighted by Gasteiger charge is 2.19. The molecule has 0 aliphatic carbocycles. The molecule has 1 aliphatic heterocycles. The van der Waals surface area contributed by atoms with Gasteiger partial charge in [0.15, 0.2) is 0 Å². The Morgan fingerprint density at radius 2 is 1.95 bits per heavy atom. The number of aryl methyl sites for hydroxylation is 2. The Kier molecular flexibility index (Phi) is 8.76. The van der Waals surface area contributed by atoms with Crippen LogP contribution in [0, 0.1) is 6.92 Å². The van der Waals surface area contributed by atoms with Crippen molar-refractivity contribution in [1.82, 2.24) is 14.9 Å². The summed E-state index contributed by atoms with van der Waals surface area (Å²) in [5, 5.41) is 2.34. The Morgan fingerprint density at radius 3 is 2.81 bits per heavy atom. The number of methoxy groups -OCH3 is 1. The molecule has 196 valence electrons. The molecule has 0 amide bonds. The summed E-state index contributed by atoms with van der Waals surface area (Å²) in [6, 6.07) is 12.4. The molecular formula is C30H37N3O3S. The summed E-state index contributed by atoms with van der Waals surface area (Å²) >= 11 is 1.72. The van der Waals surface area contributed by atoms with Crippen molar-refractivity contribution in [1.29, 1.82) is 0 Å². The molecule has 6 nitrogen and oxygen atoms in total. The molecule has 4 aromatic rings. The number of nitrogens with zero attached hydrogens (tertiary/aromatic N) is 2. The van der Waals surface area contributed by atoms with Gasteiger partial charge in [0.2, 0.25) is 0 Å². The van der Waals surface area contributed by atoms with Crippen molar-refractivity contribution < 1.29 is 14.2 Å². The molecule has 3 heterocycles. The Balaban J connectivity index is 1.08. The van der Waals surface area contributed by atoms with Crippen molar-refractivity contribution in [2.45, 2.75) is 51.7 Å². The second kappa shape index (κ2) is 12.6. The summed E-state index contributed by atoms with van der Waals surface area (Å²) in [5.74, 6) is 1.80. The van der Waals surface area contributed by atoms with Gasteiger partial charge in [-0.25, -0.2) is 4.98 Å². The van der Waals surface area contributed by atoms with Gasteiger partial charge in [-0.1, -0.05) is 12.2 Å². The molecule has 0 saturated heterocycles. The number of hydrogen-bond acceptors (Lipinski definition) is 6. The minimum atomic E-state index is 0.154. The number of hydrogen-bond donors (Lipinski definition) is 1. The topological polar surface area (TPSA) is 59.6 Å². The highest BCUT2D eigenvalue weighted by molar-refractivity contribution is 7.18. The predicted molar refractivity (Wildman–Crippen MR) is 152 cm³/mol. The average Bonchev–Trinajstić information content (AvgIpc) is 3.51. The van der Waals surface area contributed by atoms with Crippen LogP contribution in [0.4, 0.5) is 0 Å². The van der Waals surface area contributed by atoms with Crippen LogP contribution in [0.2, 0.25) is 0 Å². The Morgan fingerprint density at radius 1 is 1.05 bits per heavy atom. The zero-order valence-electron chi connectivity index (χ0n) is 21.9. The Bertz CT molecular complexity index is 1330. The lowest BCUT2D eigenvalue weighted by Gasteiger charge is -2.32. The number of thiazole rings is 1. The number of H-pyrrole nitrogens is 1. The van der Waals surface area contributed by atoms with E-state index in [-0.39, 0.29) is 6.23 Å². The highest BCUT2D eigenvalue weighted by Crippen LogP contribution is 2.27. The molecular weight excluding hydrogens is 482 g/mol. The summed E-state index contributed by atoms with van der Waals surface area (Å²) in [4.78, 5) is 10.4. The molecule has 1 atom stereocenters. The molecule has 0 spiro atoms. The third kappa shape index (κ3) is 6.72.